The van der Waals surface area contributed by atoms with Crippen LogP contribution in [-0.4, -0.2) is 79.0 Å². The van der Waals surface area contributed by atoms with E-state index in [1.54, 1.807) is 0 Å². The SMILES string of the molecule is C=O.CCCCCC/C=C\CO.CCCCCCCCC(CCCCCCCC)OC=O.CCCCCCCCN(CCO)CCCCCCO. The van der Waals surface area contributed by atoms with E-state index in [-0.39, 0.29) is 19.3 Å². The molecule has 0 amide bonds. The van der Waals surface area contributed by atoms with Gasteiger partial charge in [0.25, 0.3) is 6.47 Å². The van der Waals surface area contributed by atoms with Crippen LogP contribution < -0.4 is 0 Å². The van der Waals surface area contributed by atoms with Crippen molar-refractivity contribution in [3.8, 4) is 0 Å². The fourth-order valence-electron chi connectivity index (χ4n) is 5.94. The van der Waals surface area contributed by atoms with Gasteiger partial charge in [0.15, 0.2) is 0 Å². The van der Waals surface area contributed by atoms with Crippen molar-refractivity contribution < 1.29 is 29.6 Å². The van der Waals surface area contributed by atoms with Gasteiger partial charge in [-0.15, -0.1) is 0 Å². The molecule has 0 aromatic rings. The first-order chi connectivity index (χ1) is 25.1. The number of aliphatic hydroxyl groups excluding tert-OH is 3. The van der Waals surface area contributed by atoms with E-state index >= 15 is 0 Å². The average Bonchev–Trinajstić information content (AvgIpc) is 3.15. The Morgan fingerprint density at radius 1 is 0.490 bits per heavy atom. The van der Waals surface area contributed by atoms with E-state index in [9.17, 15) is 4.79 Å². The number of ether oxygens (including phenoxy) is 1. The third-order valence-corrected chi connectivity index (χ3v) is 9.13. The summed E-state index contributed by atoms with van der Waals surface area (Å²) in [5, 5.41) is 26.2. The molecule has 0 aliphatic carbocycles. The smallest absolute Gasteiger partial charge is 0.293 e. The maximum absolute atomic E-state index is 10.5. The summed E-state index contributed by atoms with van der Waals surface area (Å²) in [5.74, 6) is 0. The second-order valence-electron chi connectivity index (χ2n) is 13.9. The van der Waals surface area contributed by atoms with Gasteiger partial charge >= 0.3 is 0 Å². The van der Waals surface area contributed by atoms with E-state index in [2.05, 4.69) is 38.7 Å². The summed E-state index contributed by atoms with van der Waals surface area (Å²) < 4.78 is 5.22. The molecular weight excluding hydrogens is 638 g/mol. The summed E-state index contributed by atoms with van der Waals surface area (Å²) in [6.45, 7) is 15.4. The van der Waals surface area contributed by atoms with Gasteiger partial charge in [0.05, 0.1) is 13.2 Å². The highest BCUT2D eigenvalue weighted by Gasteiger charge is 2.09. The van der Waals surface area contributed by atoms with Gasteiger partial charge in [0.2, 0.25) is 0 Å². The van der Waals surface area contributed by atoms with Crippen LogP contribution in [0.3, 0.4) is 0 Å². The highest BCUT2D eigenvalue weighted by Crippen LogP contribution is 2.16. The van der Waals surface area contributed by atoms with Gasteiger partial charge in [0, 0.05) is 13.2 Å². The summed E-state index contributed by atoms with van der Waals surface area (Å²) in [6, 6.07) is 0. The maximum atomic E-state index is 10.5. The minimum absolute atomic E-state index is 0.171. The number of rotatable bonds is 37. The molecule has 51 heavy (non-hydrogen) atoms. The fraction of sp³-hybridized carbons (Fsp3) is 0.909. The number of carbonyl (C=O) groups is 2. The minimum atomic E-state index is 0.171. The fourth-order valence-corrected chi connectivity index (χ4v) is 5.94. The Labute approximate surface area is 318 Å². The van der Waals surface area contributed by atoms with Crippen LogP contribution in [-0.2, 0) is 14.3 Å². The Morgan fingerprint density at radius 3 is 1.27 bits per heavy atom. The summed E-state index contributed by atoms with van der Waals surface area (Å²) in [7, 11) is 0. The molecule has 7 nitrogen and oxygen atoms in total. The maximum Gasteiger partial charge on any atom is 0.293 e. The molecule has 0 radical (unpaired) electrons. The molecule has 0 heterocycles. The average molecular weight is 730 g/mol. The van der Waals surface area contributed by atoms with Crippen molar-refractivity contribution >= 4 is 13.3 Å². The second-order valence-corrected chi connectivity index (χ2v) is 13.9. The molecule has 0 atom stereocenters. The number of allylic oxidation sites excluding steroid dienone is 1. The quantitative estimate of drug-likeness (QED) is 0.0332. The Hall–Kier alpha value is -1.28. The number of aliphatic hydroxyl groups is 3. The largest absolute Gasteiger partial charge is 0.465 e. The zero-order valence-electron chi connectivity index (χ0n) is 34.8. The molecule has 0 unspecified atom stereocenters. The van der Waals surface area contributed by atoms with Crippen molar-refractivity contribution in [2.45, 2.75) is 220 Å². The van der Waals surface area contributed by atoms with Crippen LogP contribution in [0, 0.1) is 0 Å². The van der Waals surface area contributed by atoms with Crippen LogP contribution in [0.2, 0.25) is 0 Å². The lowest BCUT2D eigenvalue weighted by Crippen LogP contribution is -2.29. The lowest BCUT2D eigenvalue weighted by atomic mass is 10.0. The Bertz CT molecular complexity index is 590. The van der Waals surface area contributed by atoms with Gasteiger partial charge in [-0.25, -0.2) is 0 Å². The molecule has 3 N–H and O–H groups in total. The number of unbranched alkanes of at least 4 members (excludes halogenated alkanes) is 22. The van der Waals surface area contributed by atoms with Crippen LogP contribution in [0.25, 0.3) is 0 Å². The molecule has 0 aromatic carbocycles. The van der Waals surface area contributed by atoms with E-state index in [0.717, 1.165) is 51.7 Å². The van der Waals surface area contributed by atoms with E-state index < -0.39 is 0 Å². The molecule has 0 aliphatic rings. The van der Waals surface area contributed by atoms with E-state index in [0.29, 0.717) is 13.1 Å². The first kappa shape index (κ1) is 56.5. The molecule has 0 saturated heterocycles. The van der Waals surface area contributed by atoms with Crippen molar-refractivity contribution in [3.05, 3.63) is 12.2 Å². The Kier molecular flexibility index (Phi) is 64.3. The van der Waals surface area contributed by atoms with Gasteiger partial charge in [-0.05, 0) is 70.9 Å². The predicted molar refractivity (Wildman–Crippen MR) is 221 cm³/mol. The highest BCUT2D eigenvalue weighted by molar-refractivity contribution is 5.37. The van der Waals surface area contributed by atoms with Gasteiger partial charge < -0.3 is 29.8 Å². The van der Waals surface area contributed by atoms with E-state index in [1.807, 2.05) is 12.9 Å². The van der Waals surface area contributed by atoms with E-state index in [4.69, 9.17) is 24.9 Å². The summed E-state index contributed by atoms with van der Waals surface area (Å²) in [6.07, 6.45) is 40.6. The summed E-state index contributed by atoms with van der Waals surface area (Å²) in [5.41, 5.74) is 0. The normalized spacial score (nSPS) is 10.8. The zero-order chi connectivity index (χ0) is 38.7. The Balaban J connectivity index is -0.000000333. The molecule has 0 spiro atoms. The zero-order valence-corrected chi connectivity index (χ0v) is 34.8. The van der Waals surface area contributed by atoms with Crippen LogP contribution in [0.4, 0.5) is 0 Å². The van der Waals surface area contributed by atoms with Crippen molar-refractivity contribution in [1.29, 1.82) is 0 Å². The number of carbonyl (C=O) groups excluding carboxylic acids is 2. The van der Waals surface area contributed by atoms with Crippen LogP contribution in [0.1, 0.15) is 214 Å². The molecule has 308 valence electrons. The standard InChI is InChI=1S/C18H36O2.C16H35NO2.C9H18O.CH2O/c1-3-5-7-9-11-13-15-18(20-17-19)16-14-12-10-8-6-4-2;1-2-3-4-5-6-9-12-17(14-16-19)13-10-7-8-11-15-18;1-2-3-4-5-6-7-8-9-10;1-2/h17-18H,3-16H2,1-2H3;18-19H,2-16H2,1H3;7-8,10H,2-6,9H2,1H3;1H2/b;;8-7-;. The monoisotopic (exact) mass is 730 g/mol. The third kappa shape index (κ3) is 58.3. The van der Waals surface area contributed by atoms with Crippen LogP contribution in [0.15, 0.2) is 12.2 Å². The Morgan fingerprint density at radius 2 is 0.882 bits per heavy atom. The lowest BCUT2D eigenvalue weighted by Gasteiger charge is -2.21. The van der Waals surface area contributed by atoms with E-state index in [1.165, 1.54) is 154 Å². The highest BCUT2D eigenvalue weighted by atomic mass is 16.5. The molecule has 7 heteroatoms. The number of nitrogens with zero attached hydrogens (tertiary/aromatic N) is 1. The van der Waals surface area contributed by atoms with Gasteiger partial charge in [0.1, 0.15) is 12.9 Å². The predicted octanol–water partition coefficient (Wildman–Crippen LogP) is 11.5. The molecule has 0 aromatic heterocycles. The summed E-state index contributed by atoms with van der Waals surface area (Å²) >= 11 is 0. The van der Waals surface area contributed by atoms with Crippen molar-refractivity contribution in [2.24, 2.45) is 0 Å². The van der Waals surface area contributed by atoms with Gasteiger partial charge in [-0.2, -0.15) is 0 Å². The topological polar surface area (TPSA) is 107 Å². The molecule has 0 aliphatic heterocycles. The molecular formula is C44H91NO6. The lowest BCUT2D eigenvalue weighted by molar-refractivity contribution is -0.134. The molecule has 0 bridgehead atoms. The first-order valence-electron chi connectivity index (χ1n) is 21.7. The van der Waals surface area contributed by atoms with Gasteiger partial charge in [-0.1, -0.05) is 168 Å². The number of hydrogen-bond acceptors (Lipinski definition) is 7. The molecule has 0 saturated carbocycles. The second kappa shape index (κ2) is 58.0. The molecule has 0 rings (SSSR count). The van der Waals surface area contributed by atoms with Crippen molar-refractivity contribution in [1.82, 2.24) is 4.90 Å². The van der Waals surface area contributed by atoms with Crippen LogP contribution in [0.5, 0.6) is 0 Å². The molecule has 0 fully saturated rings. The summed E-state index contributed by atoms with van der Waals surface area (Å²) in [4.78, 5) is 20.9. The minimum Gasteiger partial charge on any atom is -0.465 e. The van der Waals surface area contributed by atoms with Gasteiger partial charge in [-0.3, -0.25) is 4.79 Å². The first-order valence-corrected chi connectivity index (χ1v) is 21.7. The van der Waals surface area contributed by atoms with Crippen LogP contribution >= 0.6 is 0 Å². The number of hydrogen-bond donors (Lipinski definition) is 3. The van der Waals surface area contributed by atoms with Crippen molar-refractivity contribution in [3.63, 3.8) is 0 Å². The van der Waals surface area contributed by atoms with Crippen molar-refractivity contribution in [2.75, 3.05) is 39.5 Å². The third-order valence-electron chi connectivity index (χ3n) is 9.13.